The van der Waals surface area contributed by atoms with Gasteiger partial charge in [-0.15, -0.1) is 0 Å². The van der Waals surface area contributed by atoms with Crippen molar-refractivity contribution in [2.75, 3.05) is 4.72 Å². The summed E-state index contributed by atoms with van der Waals surface area (Å²) in [6.07, 6.45) is 1.52. The number of anilines is 1. The first kappa shape index (κ1) is 14.3. The number of hydrogen-bond acceptors (Lipinski definition) is 4. The van der Waals surface area contributed by atoms with E-state index in [4.69, 9.17) is 11.6 Å². The summed E-state index contributed by atoms with van der Waals surface area (Å²) in [6, 6.07) is 4.56. The highest BCUT2D eigenvalue weighted by Crippen LogP contribution is 2.29. The first-order chi connectivity index (χ1) is 8.38. The molecule has 2 rings (SSSR count). The summed E-state index contributed by atoms with van der Waals surface area (Å²) < 4.78 is 28.0. The van der Waals surface area contributed by atoms with E-state index >= 15 is 0 Å². The Balaban J connectivity index is 2.36. The minimum atomic E-state index is -3.72. The number of aromatic nitrogens is 1. The average molecular weight is 433 g/mol. The van der Waals surface area contributed by atoms with Crippen molar-refractivity contribution in [3.63, 3.8) is 0 Å². The highest BCUT2D eigenvalue weighted by Gasteiger charge is 2.19. The summed E-state index contributed by atoms with van der Waals surface area (Å²) in [5.74, 6) is 0. The topological polar surface area (TPSA) is 59.1 Å². The summed E-state index contributed by atoms with van der Waals surface area (Å²) in [5, 5.41) is 0.424. The van der Waals surface area contributed by atoms with E-state index in [1.54, 1.807) is 6.07 Å². The van der Waals surface area contributed by atoms with Crippen molar-refractivity contribution in [2.24, 2.45) is 0 Å². The molecular weight excluding hydrogens is 428 g/mol. The zero-order chi connectivity index (χ0) is 13.3. The highest BCUT2D eigenvalue weighted by molar-refractivity contribution is 9.11. The lowest BCUT2D eigenvalue weighted by Gasteiger charge is -2.07. The van der Waals surface area contributed by atoms with Crippen LogP contribution in [-0.4, -0.2) is 13.4 Å². The fraction of sp³-hybridized carbons (Fsp3) is 0. The van der Waals surface area contributed by atoms with Crippen LogP contribution in [0.3, 0.4) is 0 Å². The van der Waals surface area contributed by atoms with Crippen LogP contribution in [0.15, 0.2) is 37.6 Å². The Morgan fingerprint density at radius 1 is 1.33 bits per heavy atom. The van der Waals surface area contributed by atoms with Gasteiger partial charge in [0.1, 0.15) is 4.90 Å². The molecule has 0 atom stereocenters. The van der Waals surface area contributed by atoms with Gasteiger partial charge in [-0.3, -0.25) is 4.72 Å². The van der Waals surface area contributed by atoms with Gasteiger partial charge >= 0.3 is 0 Å². The van der Waals surface area contributed by atoms with Gasteiger partial charge in [0.25, 0.3) is 10.0 Å². The quantitative estimate of drug-likeness (QED) is 0.794. The predicted octanol–water partition coefficient (Wildman–Crippen LogP) is 4.12. The van der Waals surface area contributed by atoms with Gasteiger partial charge in [0.05, 0.1) is 15.0 Å². The molecule has 1 heterocycles. The molecule has 9 heteroatoms. The van der Waals surface area contributed by atoms with Gasteiger partial charge in [-0.1, -0.05) is 38.9 Å². The molecule has 4 nitrogen and oxygen atoms in total. The molecule has 0 radical (unpaired) electrons. The molecule has 1 aromatic carbocycles. The molecule has 0 unspecified atom stereocenters. The second kappa shape index (κ2) is 5.46. The third-order valence-electron chi connectivity index (χ3n) is 1.88. The predicted molar refractivity (Wildman–Crippen MR) is 79.8 cm³/mol. The van der Waals surface area contributed by atoms with Crippen molar-refractivity contribution in [3.05, 3.63) is 37.7 Å². The minimum Gasteiger partial charge on any atom is -0.255 e. The van der Waals surface area contributed by atoms with E-state index in [1.165, 1.54) is 29.7 Å². The number of rotatable bonds is 3. The Morgan fingerprint density at radius 3 is 2.61 bits per heavy atom. The summed E-state index contributed by atoms with van der Waals surface area (Å²) in [6.45, 7) is 0. The van der Waals surface area contributed by atoms with Crippen molar-refractivity contribution in [1.82, 2.24) is 4.98 Å². The molecule has 0 aliphatic heterocycles. The van der Waals surface area contributed by atoms with Crippen LogP contribution < -0.4 is 4.72 Å². The van der Waals surface area contributed by atoms with Crippen LogP contribution in [0, 0.1) is 0 Å². The van der Waals surface area contributed by atoms with Gasteiger partial charge in [-0.25, -0.2) is 13.4 Å². The number of nitrogens with one attached hydrogen (secondary N) is 1. The van der Waals surface area contributed by atoms with E-state index in [2.05, 4.69) is 41.6 Å². The fourth-order valence-electron chi connectivity index (χ4n) is 1.16. The molecule has 1 N–H and O–H groups in total. The summed E-state index contributed by atoms with van der Waals surface area (Å²) in [5.41, 5.74) is 0. The minimum absolute atomic E-state index is 0.0127. The zero-order valence-electron chi connectivity index (χ0n) is 8.52. The molecule has 0 saturated carbocycles. The third-order valence-corrected chi connectivity index (χ3v) is 5.72. The number of hydrogen-bond donors (Lipinski definition) is 1. The second-order valence-electron chi connectivity index (χ2n) is 3.15. The van der Waals surface area contributed by atoms with E-state index in [1.807, 2.05) is 0 Å². The van der Waals surface area contributed by atoms with E-state index in [9.17, 15) is 8.42 Å². The maximum Gasteiger partial charge on any atom is 0.265 e. The number of sulfonamides is 1. The van der Waals surface area contributed by atoms with Gasteiger partial charge in [0.2, 0.25) is 0 Å². The highest BCUT2D eigenvalue weighted by atomic mass is 79.9. The second-order valence-corrected chi connectivity index (χ2v) is 8.53. The van der Waals surface area contributed by atoms with Crippen LogP contribution in [0.1, 0.15) is 0 Å². The molecule has 1 aromatic heterocycles. The van der Waals surface area contributed by atoms with E-state index in [-0.39, 0.29) is 15.0 Å². The first-order valence-electron chi connectivity index (χ1n) is 4.48. The Bertz CT molecular complexity index is 688. The van der Waals surface area contributed by atoms with Crippen LogP contribution in [0.25, 0.3) is 0 Å². The van der Waals surface area contributed by atoms with Crippen molar-refractivity contribution in [2.45, 2.75) is 4.90 Å². The van der Waals surface area contributed by atoms with E-state index in [0.29, 0.717) is 4.47 Å². The molecule has 2 aromatic rings. The summed E-state index contributed by atoms with van der Waals surface area (Å²) in [7, 11) is -3.72. The molecule has 0 spiro atoms. The Hall–Kier alpha value is -0.150. The van der Waals surface area contributed by atoms with E-state index in [0.717, 1.165) is 3.79 Å². The molecule has 18 heavy (non-hydrogen) atoms. The van der Waals surface area contributed by atoms with Crippen LogP contribution in [0.4, 0.5) is 5.13 Å². The number of halogens is 3. The van der Waals surface area contributed by atoms with Crippen LogP contribution >= 0.6 is 54.8 Å². The molecule has 0 saturated heterocycles. The van der Waals surface area contributed by atoms with Crippen LogP contribution in [-0.2, 0) is 10.0 Å². The molecule has 96 valence electrons. The van der Waals surface area contributed by atoms with Gasteiger partial charge in [0.15, 0.2) is 5.13 Å². The molecule has 0 bridgehead atoms. The Labute approximate surface area is 130 Å². The number of thiazole rings is 1. The van der Waals surface area contributed by atoms with Gasteiger partial charge < -0.3 is 0 Å². The SMILES string of the molecule is O=S(=O)(Nc1ncc(Br)s1)c1ccc(Br)cc1Cl. The zero-order valence-corrected chi connectivity index (χ0v) is 14.1. The molecule has 0 aliphatic rings. The maximum absolute atomic E-state index is 12.1. The Kier molecular flexibility index (Phi) is 4.32. The van der Waals surface area contributed by atoms with Crippen molar-refractivity contribution < 1.29 is 8.42 Å². The monoisotopic (exact) mass is 430 g/mol. The van der Waals surface area contributed by atoms with Crippen LogP contribution in [0.5, 0.6) is 0 Å². The van der Waals surface area contributed by atoms with Gasteiger partial charge in [0, 0.05) is 4.47 Å². The van der Waals surface area contributed by atoms with Gasteiger partial charge in [-0.05, 0) is 34.1 Å². The third kappa shape index (κ3) is 3.24. The lowest BCUT2D eigenvalue weighted by atomic mass is 10.4. The van der Waals surface area contributed by atoms with Crippen molar-refractivity contribution >= 4 is 70.0 Å². The molecule has 0 aliphatic carbocycles. The standard InChI is InChI=1S/C9H5Br2ClN2O2S2/c10-5-1-2-7(6(12)3-5)18(15,16)14-9-13-4-8(11)17-9/h1-4H,(H,13,14). The van der Waals surface area contributed by atoms with E-state index < -0.39 is 10.0 Å². The lowest BCUT2D eigenvalue weighted by molar-refractivity contribution is 0.601. The molecular formula is C9H5Br2ClN2O2S2. The summed E-state index contributed by atoms with van der Waals surface area (Å²) >= 11 is 13.5. The normalized spacial score (nSPS) is 11.5. The lowest BCUT2D eigenvalue weighted by Crippen LogP contribution is -2.13. The smallest absolute Gasteiger partial charge is 0.255 e. The number of benzene rings is 1. The van der Waals surface area contributed by atoms with Crippen molar-refractivity contribution in [1.29, 1.82) is 0 Å². The average Bonchev–Trinajstić information content (AvgIpc) is 2.62. The van der Waals surface area contributed by atoms with Gasteiger partial charge in [-0.2, -0.15) is 0 Å². The van der Waals surface area contributed by atoms with Crippen LogP contribution in [0.2, 0.25) is 5.02 Å². The maximum atomic E-state index is 12.1. The summed E-state index contributed by atoms with van der Waals surface area (Å²) in [4.78, 5) is 3.92. The number of nitrogens with zero attached hydrogens (tertiary/aromatic N) is 1. The fourth-order valence-corrected chi connectivity index (χ4v) is 4.55. The van der Waals surface area contributed by atoms with Crippen molar-refractivity contribution in [3.8, 4) is 0 Å². The molecule has 0 fully saturated rings. The largest absolute Gasteiger partial charge is 0.265 e. The first-order valence-corrected chi connectivity index (χ1v) is 8.74. The Morgan fingerprint density at radius 2 is 2.06 bits per heavy atom. The molecule has 0 amide bonds.